The molecule has 0 aromatic heterocycles. The minimum Gasteiger partial charge on any atom is -0.388 e. The Kier molecular flexibility index (Phi) is 7.19. The number of aliphatic hydroxyl groups is 1. The van der Waals surface area contributed by atoms with Crippen LogP contribution in [0, 0.1) is 5.92 Å². The van der Waals surface area contributed by atoms with Crippen LogP contribution in [0.15, 0.2) is 4.99 Å². The first-order valence-electron chi connectivity index (χ1n) is 7.87. The average Bonchev–Trinajstić information content (AvgIpc) is 2.74. The van der Waals surface area contributed by atoms with Crippen LogP contribution >= 0.6 is 24.0 Å². The predicted octanol–water partition coefficient (Wildman–Crippen LogP) is 1.41. The van der Waals surface area contributed by atoms with Crippen molar-refractivity contribution < 1.29 is 5.11 Å². The molecule has 5 nitrogen and oxygen atoms in total. The topological polar surface area (TPSA) is 59.9 Å². The van der Waals surface area contributed by atoms with Crippen molar-refractivity contribution in [1.29, 1.82) is 0 Å². The molecule has 0 bridgehead atoms. The van der Waals surface area contributed by atoms with Crippen molar-refractivity contribution in [3.05, 3.63) is 0 Å². The van der Waals surface area contributed by atoms with E-state index < -0.39 is 5.60 Å². The van der Waals surface area contributed by atoms with Gasteiger partial charge in [0.15, 0.2) is 5.96 Å². The van der Waals surface area contributed by atoms with Crippen molar-refractivity contribution in [3.63, 3.8) is 0 Å². The Morgan fingerprint density at radius 2 is 2.05 bits per heavy atom. The molecule has 1 saturated heterocycles. The predicted molar refractivity (Wildman–Crippen MR) is 98.4 cm³/mol. The van der Waals surface area contributed by atoms with Gasteiger partial charge in [-0.25, -0.2) is 0 Å². The van der Waals surface area contributed by atoms with E-state index in [2.05, 4.69) is 41.3 Å². The second-order valence-corrected chi connectivity index (χ2v) is 6.78. The van der Waals surface area contributed by atoms with Crippen LogP contribution in [0.2, 0.25) is 0 Å². The SMILES string of the molecule is CN=C(NCC1(O)CCC1)NC1CN(C(C)C)CC1C.I. The lowest BCUT2D eigenvalue weighted by Crippen LogP contribution is -2.53. The Morgan fingerprint density at radius 1 is 1.38 bits per heavy atom. The van der Waals surface area contributed by atoms with Crippen molar-refractivity contribution in [1.82, 2.24) is 15.5 Å². The fourth-order valence-electron chi connectivity index (χ4n) is 2.99. The van der Waals surface area contributed by atoms with Crippen molar-refractivity contribution in [2.24, 2.45) is 10.9 Å². The minimum absolute atomic E-state index is 0. The number of hydrogen-bond acceptors (Lipinski definition) is 3. The molecular formula is C15H31IN4O. The molecule has 124 valence electrons. The third kappa shape index (κ3) is 4.96. The van der Waals surface area contributed by atoms with E-state index in [1.165, 1.54) is 0 Å². The van der Waals surface area contributed by atoms with Crippen LogP contribution in [0.4, 0.5) is 0 Å². The molecule has 21 heavy (non-hydrogen) atoms. The number of nitrogens with zero attached hydrogens (tertiary/aromatic N) is 2. The zero-order valence-corrected chi connectivity index (χ0v) is 16.1. The maximum atomic E-state index is 10.1. The number of nitrogens with one attached hydrogen (secondary N) is 2. The van der Waals surface area contributed by atoms with Crippen molar-refractivity contribution in [3.8, 4) is 0 Å². The highest BCUT2D eigenvalue weighted by Crippen LogP contribution is 2.30. The first kappa shape index (κ1) is 19.0. The van der Waals surface area contributed by atoms with E-state index in [1.54, 1.807) is 7.05 Å². The Balaban J connectivity index is 0.00000220. The minimum atomic E-state index is -0.511. The summed E-state index contributed by atoms with van der Waals surface area (Å²) >= 11 is 0. The van der Waals surface area contributed by atoms with Gasteiger partial charge in [-0.1, -0.05) is 6.92 Å². The summed E-state index contributed by atoms with van der Waals surface area (Å²) in [4.78, 5) is 6.78. The van der Waals surface area contributed by atoms with E-state index in [9.17, 15) is 5.11 Å². The second kappa shape index (κ2) is 7.97. The Hall–Kier alpha value is -0.0800. The summed E-state index contributed by atoms with van der Waals surface area (Å²) in [6.45, 7) is 9.57. The lowest BCUT2D eigenvalue weighted by Gasteiger charge is -2.37. The summed E-state index contributed by atoms with van der Waals surface area (Å²) in [6, 6.07) is 1.02. The zero-order chi connectivity index (χ0) is 14.8. The maximum Gasteiger partial charge on any atom is 0.191 e. The Labute approximate surface area is 146 Å². The molecule has 3 N–H and O–H groups in total. The number of rotatable bonds is 4. The van der Waals surface area contributed by atoms with E-state index in [-0.39, 0.29) is 24.0 Å². The molecule has 0 amide bonds. The Bertz CT molecular complexity index is 358. The Morgan fingerprint density at radius 3 is 2.48 bits per heavy atom. The summed E-state index contributed by atoms with van der Waals surface area (Å²) in [7, 11) is 1.79. The normalized spacial score (nSPS) is 29.0. The molecule has 2 rings (SSSR count). The number of guanidine groups is 1. The van der Waals surface area contributed by atoms with Crippen molar-refractivity contribution in [2.75, 3.05) is 26.7 Å². The quantitative estimate of drug-likeness (QED) is 0.373. The lowest BCUT2D eigenvalue weighted by atomic mass is 9.80. The van der Waals surface area contributed by atoms with Crippen molar-refractivity contribution >= 4 is 29.9 Å². The highest BCUT2D eigenvalue weighted by atomic mass is 127. The summed E-state index contributed by atoms with van der Waals surface area (Å²) in [5, 5.41) is 16.9. The highest BCUT2D eigenvalue weighted by molar-refractivity contribution is 14.0. The molecule has 0 aromatic carbocycles. The van der Waals surface area contributed by atoms with Gasteiger partial charge in [0, 0.05) is 38.8 Å². The highest BCUT2D eigenvalue weighted by Gasteiger charge is 2.35. The van der Waals surface area contributed by atoms with Gasteiger partial charge in [0.05, 0.1) is 5.60 Å². The standard InChI is InChI=1S/C15H30N4O.HI/c1-11(2)19-8-12(3)13(9-19)18-14(16-4)17-10-15(20)6-5-7-15;/h11-13,20H,5-10H2,1-4H3,(H2,16,17,18);1H. The molecule has 1 saturated carbocycles. The van der Waals surface area contributed by atoms with Crippen molar-refractivity contribution in [2.45, 2.75) is 57.7 Å². The fraction of sp³-hybridized carbons (Fsp3) is 0.933. The van der Waals surface area contributed by atoms with Gasteiger partial charge in [-0.3, -0.25) is 9.89 Å². The number of halogens is 1. The van der Waals surface area contributed by atoms with E-state index >= 15 is 0 Å². The van der Waals surface area contributed by atoms with E-state index in [0.717, 1.165) is 38.3 Å². The maximum absolute atomic E-state index is 10.1. The molecule has 0 radical (unpaired) electrons. The van der Waals surface area contributed by atoms with Gasteiger partial charge >= 0.3 is 0 Å². The number of hydrogen-bond donors (Lipinski definition) is 3. The van der Waals surface area contributed by atoms with Gasteiger partial charge in [-0.2, -0.15) is 0 Å². The summed E-state index contributed by atoms with van der Waals surface area (Å²) in [5.74, 6) is 1.43. The van der Waals surface area contributed by atoms with Gasteiger partial charge in [-0.15, -0.1) is 24.0 Å². The first-order chi connectivity index (χ1) is 9.43. The monoisotopic (exact) mass is 410 g/mol. The largest absolute Gasteiger partial charge is 0.388 e. The van der Waals surface area contributed by atoms with Gasteiger partial charge in [0.2, 0.25) is 0 Å². The fourth-order valence-corrected chi connectivity index (χ4v) is 2.99. The summed E-state index contributed by atoms with van der Waals surface area (Å²) in [5.41, 5.74) is -0.511. The van der Waals surface area contributed by atoms with Crippen LogP contribution in [-0.4, -0.2) is 60.3 Å². The molecule has 6 heteroatoms. The summed E-state index contributed by atoms with van der Waals surface area (Å²) in [6.07, 6.45) is 2.93. The zero-order valence-electron chi connectivity index (χ0n) is 13.7. The third-order valence-electron chi connectivity index (χ3n) is 4.79. The molecule has 1 aliphatic carbocycles. The van der Waals surface area contributed by atoms with E-state index in [4.69, 9.17) is 0 Å². The third-order valence-corrected chi connectivity index (χ3v) is 4.79. The lowest BCUT2D eigenvalue weighted by molar-refractivity contribution is -0.0279. The molecule has 0 spiro atoms. The molecular weight excluding hydrogens is 379 g/mol. The average molecular weight is 410 g/mol. The molecule has 1 aliphatic heterocycles. The smallest absolute Gasteiger partial charge is 0.191 e. The van der Waals surface area contributed by atoms with E-state index in [1.807, 2.05) is 0 Å². The van der Waals surface area contributed by atoms with Crippen LogP contribution in [0.5, 0.6) is 0 Å². The molecule has 2 fully saturated rings. The van der Waals surface area contributed by atoms with Crippen LogP contribution in [0.25, 0.3) is 0 Å². The molecule has 2 atom stereocenters. The van der Waals surface area contributed by atoms with Crippen LogP contribution in [0.3, 0.4) is 0 Å². The van der Waals surface area contributed by atoms with Gasteiger partial charge in [-0.05, 0) is 39.0 Å². The van der Waals surface area contributed by atoms with Crippen LogP contribution in [-0.2, 0) is 0 Å². The van der Waals surface area contributed by atoms with Crippen LogP contribution < -0.4 is 10.6 Å². The van der Waals surface area contributed by atoms with Crippen LogP contribution in [0.1, 0.15) is 40.0 Å². The molecule has 0 aromatic rings. The van der Waals surface area contributed by atoms with Gasteiger partial charge in [0.1, 0.15) is 0 Å². The number of aliphatic imine (C=N–C) groups is 1. The molecule has 2 unspecified atom stereocenters. The first-order valence-corrected chi connectivity index (χ1v) is 7.87. The molecule has 1 heterocycles. The number of likely N-dealkylation sites (tertiary alicyclic amines) is 1. The van der Waals surface area contributed by atoms with Gasteiger partial charge < -0.3 is 15.7 Å². The second-order valence-electron chi connectivity index (χ2n) is 6.78. The van der Waals surface area contributed by atoms with Gasteiger partial charge in [0.25, 0.3) is 0 Å². The summed E-state index contributed by atoms with van der Waals surface area (Å²) < 4.78 is 0. The van der Waals surface area contributed by atoms with E-state index in [0.29, 0.717) is 24.5 Å². The molecule has 2 aliphatic rings.